The van der Waals surface area contributed by atoms with Gasteiger partial charge in [0.25, 0.3) is 0 Å². The molecule has 1 N–H and O–H groups in total. The molecule has 3 nitrogen and oxygen atoms in total. The van der Waals surface area contributed by atoms with Crippen LogP contribution in [0, 0.1) is 25.2 Å². The van der Waals surface area contributed by atoms with E-state index in [-0.39, 0.29) is 70.7 Å². The molecular weight excluding hydrogens is 193 g/mol. The number of nitrogens with one attached hydrogen (secondary N) is 1. The van der Waals surface area contributed by atoms with Crippen molar-refractivity contribution in [2.24, 2.45) is 17.8 Å². The smallest absolute Gasteiger partial charge is 0.466 e. The molecule has 1 saturated heterocycles. The molecule has 0 aromatic carbocycles. The third kappa shape index (κ3) is 2.76. The number of esters is 1. The summed E-state index contributed by atoms with van der Waals surface area (Å²) in [6.45, 7) is 4.39. The van der Waals surface area contributed by atoms with Crippen molar-refractivity contribution in [3.63, 3.8) is 0 Å². The van der Waals surface area contributed by atoms with Crippen LogP contribution < -0.4 is 56.7 Å². The molecule has 2 rings (SSSR count). The van der Waals surface area contributed by atoms with E-state index in [1.807, 2.05) is 6.92 Å². The van der Waals surface area contributed by atoms with E-state index in [1.165, 1.54) is 0 Å². The van der Waals surface area contributed by atoms with Gasteiger partial charge in [0.05, 0.1) is 12.5 Å². The number of ether oxygens (including phenoxy) is 1. The molecule has 2 fully saturated rings. The van der Waals surface area contributed by atoms with Crippen molar-refractivity contribution >= 4 is 5.97 Å². The molecule has 0 radical (unpaired) electrons. The minimum absolute atomic E-state index is 0. The van der Waals surface area contributed by atoms with E-state index in [9.17, 15) is 4.79 Å². The van der Waals surface area contributed by atoms with Gasteiger partial charge in [-0.3, -0.25) is 4.79 Å². The predicted octanol–water partition coefficient (Wildman–Crippen LogP) is -2.53. The van der Waals surface area contributed by atoms with Gasteiger partial charge in [0.15, 0.2) is 0 Å². The summed E-state index contributed by atoms with van der Waals surface area (Å²) in [5.41, 5.74) is 0. The maximum absolute atomic E-state index is 11.2. The van der Waals surface area contributed by atoms with Gasteiger partial charge in [-0.05, 0) is 31.8 Å². The van der Waals surface area contributed by atoms with E-state index in [1.54, 1.807) is 0 Å². The van der Waals surface area contributed by atoms with Crippen LogP contribution in [-0.4, -0.2) is 25.7 Å². The first-order valence-electron chi connectivity index (χ1n) is 4.22. The second-order valence-corrected chi connectivity index (χ2v) is 3.26. The van der Waals surface area contributed by atoms with Crippen molar-refractivity contribution in [1.29, 1.82) is 0 Å². The molecule has 0 amide bonds. The predicted molar refractivity (Wildman–Crippen MR) is 46.4 cm³/mol. The van der Waals surface area contributed by atoms with Gasteiger partial charge in [-0.15, -0.1) is 0 Å². The van der Waals surface area contributed by atoms with E-state index in [4.69, 9.17) is 4.74 Å². The van der Waals surface area contributed by atoms with E-state index in [2.05, 4.69) is 5.32 Å². The van der Waals surface area contributed by atoms with Crippen LogP contribution in [0.5, 0.6) is 0 Å². The van der Waals surface area contributed by atoms with Gasteiger partial charge in [0, 0.05) is 0 Å². The second-order valence-electron chi connectivity index (χ2n) is 3.26. The largest absolute Gasteiger partial charge is 1.00 e. The monoisotopic (exact) mass is 209 g/mol. The normalized spacial score (nSPS) is 33.8. The zero-order chi connectivity index (χ0) is 7.84. The molecule has 1 heterocycles. The maximum atomic E-state index is 11.2. The molecule has 0 aromatic rings. The van der Waals surface area contributed by atoms with Crippen LogP contribution in [0.4, 0.5) is 0 Å². The topological polar surface area (TPSA) is 38.3 Å². The van der Waals surface area contributed by atoms with Crippen LogP contribution in [-0.2, 0) is 9.53 Å². The van der Waals surface area contributed by atoms with Gasteiger partial charge in [-0.2, -0.15) is 0 Å². The average molecular weight is 209 g/mol. The van der Waals surface area contributed by atoms with E-state index >= 15 is 0 Å². The second kappa shape index (κ2) is 5.83. The first-order valence-corrected chi connectivity index (χ1v) is 4.22. The molecule has 1 aliphatic carbocycles. The standard InChI is InChI=1S/C8H13NO2.CH3.K/c1-2-11-8(10)7-5-3-9-4-6(5)7;;/h5-7,9H,2-4H2,1H3;1H3;/q;-1;+1. The van der Waals surface area contributed by atoms with Gasteiger partial charge < -0.3 is 17.5 Å². The van der Waals surface area contributed by atoms with E-state index < -0.39 is 0 Å². The van der Waals surface area contributed by atoms with Crippen molar-refractivity contribution in [3.8, 4) is 0 Å². The number of fused-ring (bicyclic) bond motifs is 1. The van der Waals surface area contributed by atoms with Crippen molar-refractivity contribution in [2.75, 3.05) is 19.7 Å². The van der Waals surface area contributed by atoms with Crippen molar-refractivity contribution in [2.45, 2.75) is 6.92 Å². The van der Waals surface area contributed by atoms with Crippen LogP contribution in [0.1, 0.15) is 6.92 Å². The van der Waals surface area contributed by atoms with Gasteiger partial charge in [0.1, 0.15) is 0 Å². The Labute approximate surface area is 122 Å². The minimum Gasteiger partial charge on any atom is -0.466 e. The summed E-state index contributed by atoms with van der Waals surface area (Å²) in [6, 6.07) is 0. The molecule has 2 unspecified atom stereocenters. The zero-order valence-corrected chi connectivity index (χ0v) is 11.8. The fourth-order valence-corrected chi connectivity index (χ4v) is 2.01. The molecule has 1 saturated carbocycles. The summed E-state index contributed by atoms with van der Waals surface area (Å²) >= 11 is 0. The Bertz CT molecular complexity index is 176. The quantitative estimate of drug-likeness (QED) is 0.310. The third-order valence-corrected chi connectivity index (χ3v) is 2.65. The number of carbonyl (C=O) groups is 1. The first kappa shape index (κ1) is 14.1. The van der Waals surface area contributed by atoms with Crippen molar-refractivity contribution in [3.05, 3.63) is 7.43 Å². The van der Waals surface area contributed by atoms with Gasteiger partial charge in [0.2, 0.25) is 0 Å². The summed E-state index contributed by atoms with van der Waals surface area (Å²) in [7, 11) is 0. The van der Waals surface area contributed by atoms with Crippen LogP contribution in [0.25, 0.3) is 0 Å². The Morgan fingerprint density at radius 1 is 1.46 bits per heavy atom. The average Bonchev–Trinajstić information content (AvgIpc) is 2.47. The molecule has 0 spiro atoms. The molecule has 13 heavy (non-hydrogen) atoms. The van der Waals surface area contributed by atoms with Crippen LogP contribution in [0.2, 0.25) is 0 Å². The summed E-state index contributed by atoms with van der Waals surface area (Å²) < 4.78 is 4.94. The molecule has 2 aliphatic rings. The number of carbonyl (C=O) groups excluding carboxylic acids is 1. The summed E-state index contributed by atoms with van der Waals surface area (Å²) in [5, 5.41) is 3.24. The fraction of sp³-hybridized carbons (Fsp3) is 0.778. The molecule has 0 bridgehead atoms. The van der Waals surface area contributed by atoms with Crippen molar-refractivity contribution < 1.29 is 60.9 Å². The number of hydrogen-bond donors (Lipinski definition) is 1. The SMILES string of the molecule is CCOC(=O)C1C2CNCC21.[CH3-].[K+]. The Balaban J connectivity index is 0.000000720. The number of rotatable bonds is 2. The minimum atomic E-state index is 0. The maximum Gasteiger partial charge on any atom is 1.00 e. The summed E-state index contributed by atoms with van der Waals surface area (Å²) in [4.78, 5) is 11.2. The molecule has 70 valence electrons. The van der Waals surface area contributed by atoms with Crippen LogP contribution >= 0.6 is 0 Å². The van der Waals surface area contributed by atoms with Gasteiger partial charge >= 0.3 is 57.4 Å². The van der Waals surface area contributed by atoms with E-state index in [0.29, 0.717) is 18.4 Å². The third-order valence-electron chi connectivity index (χ3n) is 2.65. The molecule has 1 aliphatic heterocycles. The zero-order valence-electron chi connectivity index (χ0n) is 8.67. The molecule has 0 aromatic heterocycles. The molecule has 4 heteroatoms. The summed E-state index contributed by atoms with van der Waals surface area (Å²) in [6.07, 6.45) is 0. The Hall–Kier alpha value is 1.07. The van der Waals surface area contributed by atoms with Crippen molar-refractivity contribution in [1.82, 2.24) is 5.32 Å². The van der Waals surface area contributed by atoms with Crippen LogP contribution in [0.3, 0.4) is 0 Å². The Morgan fingerprint density at radius 3 is 2.46 bits per heavy atom. The van der Waals surface area contributed by atoms with E-state index in [0.717, 1.165) is 13.1 Å². The Kier molecular flexibility index (Phi) is 6.31. The molecule has 2 atom stereocenters. The fourth-order valence-electron chi connectivity index (χ4n) is 2.01. The number of hydrogen-bond acceptors (Lipinski definition) is 3. The summed E-state index contributed by atoms with van der Waals surface area (Å²) in [5.74, 6) is 1.43. The first-order chi connectivity index (χ1) is 5.34. The van der Waals surface area contributed by atoms with Crippen LogP contribution in [0.15, 0.2) is 0 Å². The van der Waals surface area contributed by atoms with Gasteiger partial charge in [-0.25, -0.2) is 0 Å². The Morgan fingerprint density at radius 2 is 2.00 bits per heavy atom. The number of piperidine rings is 1. The van der Waals surface area contributed by atoms with Gasteiger partial charge in [-0.1, -0.05) is 0 Å². The molecular formula is C9H16KNO2.